The summed E-state index contributed by atoms with van der Waals surface area (Å²) in [5, 5.41) is 1.19. The Morgan fingerprint density at radius 2 is 1.86 bits per heavy atom. The van der Waals surface area contributed by atoms with E-state index in [2.05, 4.69) is 43.0 Å². The molecule has 1 aromatic carbocycles. The molecule has 0 aliphatic carbocycles. The molecule has 2 aromatic rings. The standard InChI is InChI=1S/C18H25N3/c1-18(2,21-11-5-6-12-21)17(19)13-15-10-9-14-7-3-4-8-16(14)20-15/h3-4,7-10,17H,5-6,11-13,19H2,1-2H3. The number of hydrogen-bond acceptors (Lipinski definition) is 3. The van der Waals surface area contributed by atoms with Crippen molar-refractivity contribution in [2.45, 2.75) is 44.7 Å². The Balaban J connectivity index is 1.77. The Hall–Kier alpha value is -1.45. The fraction of sp³-hybridized carbons (Fsp3) is 0.500. The minimum absolute atomic E-state index is 0.0316. The molecule has 1 fully saturated rings. The maximum atomic E-state index is 6.53. The van der Waals surface area contributed by atoms with Crippen molar-refractivity contribution in [3.05, 3.63) is 42.1 Å². The number of nitrogens with zero attached hydrogens (tertiary/aromatic N) is 2. The number of fused-ring (bicyclic) bond motifs is 1. The van der Waals surface area contributed by atoms with E-state index in [0.717, 1.165) is 17.6 Å². The first-order valence-electron chi connectivity index (χ1n) is 7.93. The van der Waals surface area contributed by atoms with Crippen LogP contribution in [0.25, 0.3) is 10.9 Å². The summed E-state index contributed by atoms with van der Waals surface area (Å²) < 4.78 is 0. The molecule has 1 unspecified atom stereocenters. The predicted molar refractivity (Wildman–Crippen MR) is 88.3 cm³/mol. The second-order valence-corrected chi connectivity index (χ2v) is 6.65. The van der Waals surface area contributed by atoms with Crippen LogP contribution in [0.3, 0.4) is 0 Å². The van der Waals surface area contributed by atoms with E-state index in [-0.39, 0.29) is 11.6 Å². The van der Waals surface area contributed by atoms with Gasteiger partial charge in [-0.3, -0.25) is 9.88 Å². The molecule has 3 heteroatoms. The zero-order valence-corrected chi connectivity index (χ0v) is 13.0. The molecule has 0 amide bonds. The lowest BCUT2D eigenvalue weighted by atomic mass is 9.89. The van der Waals surface area contributed by atoms with Crippen LogP contribution in [0.15, 0.2) is 36.4 Å². The number of hydrogen-bond donors (Lipinski definition) is 1. The molecule has 3 nitrogen and oxygen atoms in total. The van der Waals surface area contributed by atoms with Crippen molar-refractivity contribution in [2.75, 3.05) is 13.1 Å². The number of aromatic nitrogens is 1. The summed E-state index contributed by atoms with van der Waals surface area (Å²) in [6, 6.07) is 12.6. The van der Waals surface area contributed by atoms with Crippen LogP contribution < -0.4 is 5.73 Å². The summed E-state index contributed by atoms with van der Waals surface area (Å²) in [5.74, 6) is 0. The Labute approximate surface area is 127 Å². The van der Waals surface area contributed by atoms with Gasteiger partial charge in [0.25, 0.3) is 0 Å². The number of benzene rings is 1. The number of rotatable bonds is 4. The van der Waals surface area contributed by atoms with Crippen LogP contribution in [-0.2, 0) is 6.42 Å². The third-order valence-corrected chi connectivity index (χ3v) is 4.91. The topological polar surface area (TPSA) is 42.1 Å². The lowest BCUT2D eigenvalue weighted by molar-refractivity contribution is 0.123. The number of likely N-dealkylation sites (tertiary alicyclic amines) is 1. The summed E-state index contributed by atoms with van der Waals surface area (Å²) in [4.78, 5) is 7.28. The van der Waals surface area contributed by atoms with Crippen LogP contribution in [0.1, 0.15) is 32.4 Å². The average molecular weight is 283 g/mol. The van der Waals surface area contributed by atoms with Gasteiger partial charge in [-0.25, -0.2) is 0 Å². The Kier molecular flexibility index (Phi) is 3.96. The monoisotopic (exact) mass is 283 g/mol. The van der Waals surface area contributed by atoms with Gasteiger partial charge in [-0.05, 0) is 51.9 Å². The van der Waals surface area contributed by atoms with E-state index >= 15 is 0 Å². The zero-order valence-electron chi connectivity index (χ0n) is 13.0. The van der Waals surface area contributed by atoms with Crippen LogP contribution in [0.2, 0.25) is 0 Å². The molecular formula is C18H25N3. The molecular weight excluding hydrogens is 258 g/mol. The maximum absolute atomic E-state index is 6.53. The summed E-state index contributed by atoms with van der Waals surface area (Å²) in [5.41, 5.74) is 8.71. The molecule has 1 aromatic heterocycles. The van der Waals surface area contributed by atoms with Gasteiger partial charge >= 0.3 is 0 Å². The second-order valence-electron chi connectivity index (χ2n) is 6.65. The van der Waals surface area contributed by atoms with Crippen LogP contribution in [0.5, 0.6) is 0 Å². The third-order valence-electron chi connectivity index (χ3n) is 4.91. The highest BCUT2D eigenvalue weighted by Crippen LogP contribution is 2.25. The van der Waals surface area contributed by atoms with E-state index in [1.54, 1.807) is 0 Å². The SMILES string of the molecule is CC(C)(C(N)Cc1ccc2ccccc2n1)N1CCCC1. The number of nitrogens with two attached hydrogens (primary N) is 1. The van der Waals surface area contributed by atoms with E-state index < -0.39 is 0 Å². The minimum Gasteiger partial charge on any atom is -0.326 e. The van der Waals surface area contributed by atoms with Crippen LogP contribution in [-0.4, -0.2) is 34.6 Å². The molecule has 0 saturated carbocycles. The number of para-hydroxylation sites is 1. The maximum Gasteiger partial charge on any atom is 0.0705 e. The van der Waals surface area contributed by atoms with Crippen LogP contribution in [0.4, 0.5) is 0 Å². The van der Waals surface area contributed by atoms with Crippen molar-refractivity contribution in [2.24, 2.45) is 5.73 Å². The quantitative estimate of drug-likeness (QED) is 0.938. The molecule has 0 bridgehead atoms. The van der Waals surface area contributed by atoms with E-state index in [0.29, 0.717) is 0 Å². The van der Waals surface area contributed by atoms with Gasteiger partial charge in [-0.2, -0.15) is 0 Å². The van der Waals surface area contributed by atoms with E-state index in [1.807, 2.05) is 12.1 Å². The van der Waals surface area contributed by atoms with Crippen molar-refractivity contribution in [1.82, 2.24) is 9.88 Å². The Morgan fingerprint density at radius 3 is 2.62 bits per heavy atom. The van der Waals surface area contributed by atoms with Gasteiger partial charge < -0.3 is 5.73 Å². The first-order chi connectivity index (χ1) is 10.1. The normalized spacial score (nSPS) is 18.2. The summed E-state index contributed by atoms with van der Waals surface area (Å²) in [7, 11) is 0. The minimum atomic E-state index is 0.0316. The van der Waals surface area contributed by atoms with Gasteiger partial charge in [0.2, 0.25) is 0 Å². The molecule has 0 spiro atoms. The van der Waals surface area contributed by atoms with Crippen LogP contribution >= 0.6 is 0 Å². The van der Waals surface area contributed by atoms with Gasteiger partial charge in [-0.15, -0.1) is 0 Å². The summed E-state index contributed by atoms with van der Waals surface area (Å²) in [6.07, 6.45) is 3.42. The van der Waals surface area contributed by atoms with E-state index in [1.165, 1.54) is 31.3 Å². The Morgan fingerprint density at radius 1 is 1.14 bits per heavy atom. The molecule has 3 rings (SSSR count). The first kappa shape index (κ1) is 14.5. The van der Waals surface area contributed by atoms with Crippen molar-refractivity contribution >= 4 is 10.9 Å². The van der Waals surface area contributed by atoms with Crippen molar-refractivity contribution in [3.63, 3.8) is 0 Å². The molecule has 1 atom stereocenters. The van der Waals surface area contributed by atoms with Crippen LogP contribution in [0, 0.1) is 0 Å². The van der Waals surface area contributed by atoms with Crippen molar-refractivity contribution in [1.29, 1.82) is 0 Å². The molecule has 1 saturated heterocycles. The highest BCUT2D eigenvalue weighted by molar-refractivity contribution is 5.78. The largest absolute Gasteiger partial charge is 0.326 e. The van der Waals surface area contributed by atoms with Gasteiger partial charge in [0, 0.05) is 29.1 Å². The van der Waals surface area contributed by atoms with E-state index in [9.17, 15) is 0 Å². The van der Waals surface area contributed by atoms with Gasteiger partial charge in [0.05, 0.1) is 5.52 Å². The highest BCUT2D eigenvalue weighted by Gasteiger charge is 2.34. The van der Waals surface area contributed by atoms with Crippen molar-refractivity contribution in [3.8, 4) is 0 Å². The zero-order chi connectivity index (χ0) is 14.9. The second kappa shape index (κ2) is 5.74. The fourth-order valence-corrected chi connectivity index (χ4v) is 3.22. The van der Waals surface area contributed by atoms with Gasteiger partial charge in [-0.1, -0.05) is 24.3 Å². The highest BCUT2D eigenvalue weighted by atomic mass is 15.2. The molecule has 21 heavy (non-hydrogen) atoms. The Bertz CT molecular complexity index is 615. The first-order valence-corrected chi connectivity index (χ1v) is 7.93. The molecule has 2 heterocycles. The lowest BCUT2D eigenvalue weighted by Gasteiger charge is -2.40. The molecule has 2 N–H and O–H groups in total. The fourth-order valence-electron chi connectivity index (χ4n) is 3.22. The van der Waals surface area contributed by atoms with Gasteiger partial charge in [0.15, 0.2) is 0 Å². The molecule has 1 aliphatic rings. The lowest BCUT2D eigenvalue weighted by Crippen LogP contribution is -2.56. The molecule has 112 valence electrons. The number of pyridine rings is 1. The molecule has 1 aliphatic heterocycles. The third kappa shape index (κ3) is 2.94. The smallest absolute Gasteiger partial charge is 0.0705 e. The average Bonchev–Trinajstić information content (AvgIpc) is 3.02. The summed E-state index contributed by atoms with van der Waals surface area (Å²) >= 11 is 0. The summed E-state index contributed by atoms with van der Waals surface area (Å²) in [6.45, 7) is 6.88. The van der Waals surface area contributed by atoms with Gasteiger partial charge in [0.1, 0.15) is 0 Å². The van der Waals surface area contributed by atoms with E-state index in [4.69, 9.17) is 10.7 Å². The van der Waals surface area contributed by atoms with Crippen molar-refractivity contribution < 1.29 is 0 Å². The predicted octanol–water partition coefficient (Wildman–Crippen LogP) is 2.98. The molecule has 0 radical (unpaired) electrons.